The van der Waals surface area contributed by atoms with Crippen molar-refractivity contribution in [2.75, 3.05) is 12.4 Å². The maximum absolute atomic E-state index is 11.3. The predicted molar refractivity (Wildman–Crippen MR) is 88.2 cm³/mol. The molecule has 2 rings (SSSR count). The van der Waals surface area contributed by atoms with E-state index in [1.807, 2.05) is 7.05 Å². The quantitative estimate of drug-likeness (QED) is 0.911. The molecule has 1 amide bonds. The molecule has 1 aliphatic carbocycles. The zero-order valence-corrected chi connectivity index (χ0v) is 13.9. The average molecular weight is 288 g/mol. The van der Waals surface area contributed by atoms with Gasteiger partial charge in [-0.15, -0.1) is 0 Å². The van der Waals surface area contributed by atoms with Crippen molar-refractivity contribution in [1.82, 2.24) is 4.90 Å². The lowest BCUT2D eigenvalue weighted by atomic mass is 9.91. The van der Waals surface area contributed by atoms with Gasteiger partial charge in [0.2, 0.25) is 5.91 Å². The van der Waals surface area contributed by atoms with Gasteiger partial charge in [0.25, 0.3) is 0 Å². The summed E-state index contributed by atoms with van der Waals surface area (Å²) >= 11 is 0. The fraction of sp³-hybridized carbons (Fsp3) is 0.611. The first-order valence-electron chi connectivity index (χ1n) is 7.84. The molecule has 1 aromatic rings. The minimum atomic E-state index is 0.0968. The molecule has 0 saturated heterocycles. The highest BCUT2D eigenvalue weighted by atomic mass is 16.2. The molecule has 2 unspecified atom stereocenters. The lowest BCUT2D eigenvalue weighted by Crippen LogP contribution is -2.24. The molecule has 0 aliphatic heterocycles. The van der Waals surface area contributed by atoms with Crippen molar-refractivity contribution in [1.29, 1.82) is 0 Å². The third-order valence-electron chi connectivity index (χ3n) is 4.57. The van der Waals surface area contributed by atoms with Gasteiger partial charge >= 0.3 is 0 Å². The van der Waals surface area contributed by atoms with Crippen molar-refractivity contribution in [3.05, 3.63) is 29.8 Å². The number of amides is 1. The van der Waals surface area contributed by atoms with E-state index in [0.717, 1.165) is 0 Å². The lowest BCUT2D eigenvalue weighted by Gasteiger charge is -2.21. The van der Waals surface area contributed by atoms with Gasteiger partial charge in [0, 0.05) is 32.2 Å². The van der Waals surface area contributed by atoms with E-state index in [1.54, 1.807) is 11.8 Å². The molecule has 0 radical (unpaired) electrons. The van der Waals surface area contributed by atoms with Crippen LogP contribution >= 0.6 is 0 Å². The second-order valence-electron chi connectivity index (χ2n) is 7.38. The summed E-state index contributed by atoms with van der Waals surface area (Å²) < 4.78 is 0. The van der Waals surface area contributed by atoms with Crippen LogP contribution < -0.4 is 5.32 Å². The SMILES string of the molecule is CC(=O)N(C)Cc1cccc(NC2CC(C)(C)CC2C)c1. The Morgan fingerprint density at radius 2 is 2.10 bits per heavy atom. The normalized spacial score (nSPS) is 23.9. The third kappa shape index (κ3) is 4.23. The van der Waals surface area contributed by atoms with Gasteiger partial charge in [0.05, 0.1) is 0 Å². The summed E-state index contributed by atoms with van der Waals surface area (Å²) in [4.78, 5) is 13.1. The van der Waals surface area contributed by atoms with Crippen LogP contribution in [0.15, 0.2) is 24.3 Å². The van der Waals surface area contributed by atoms with E-state index in [0.29, 0.717) is 23.9 Å². The van der Waals surface area contributed by atoms with Crippen LogP contribution in [0.5, 0.6) is 0 Å². The Labute approximate surface area is 128 Å². The van der Waals surface area contributed by atoms with Gasteiger partial charge in [-0.1, -0.05) is 32.9 Å². The minimum absolute atomic E-state index is 0.0968. The third-order valence-corrected chi connectivity index (χ3v) is 4.57. The molecular weight excluding hydrogens is 260 g/mol. The van der Waals surface area contributed by atoms with Crippen LogP contribution in [0, 0.1) is 11.3 Å². The summed E-state index contributed by atoms with van der Waals surface area (Å²) in [6.45, 7) is 9.30. The summed E-state index contributed by atoms with van der Waals surface area (Å²) in [5.41, 5.74) is 2.77. The molecule has 0 heterocycles. The first-order valence-corrected chi connectivity index (χ1v) is 7.84. The molecule has 21 heavy (non-hydrogen) atoms. The van der Waals surface area contributed by atoms with E-state index in [1.165, 1.54) is 24.1 Å². The van der Waals surface area contributed by atoms with E-state index < -0.39 is 0 Å². The molecule has 0 bridgehead atoms. The number of carbonyl (C=O) groups excluding carboxylic acids is 1. The minimum Gasteiger partial charge on any atom is -0.382 e. The Morgan fingerprint density at radius 1 is 1.38 bits per heavy atom. The number of nitrogens with one attached hydrogen (secondary N) is 1. The maximum atomic E-state index is 11.3. The van der Waals surface area contributed by atoms with E-state index in [2.05, 4.69) is 50.4 Å². The molecule has 0 spiro atoms. The maximum Gasteiger partial charge on any atom is 0.219 e. The second-order valence-corrected chi connectivity index (χ2v) is 7.38. The van der Waals surface area contributed by atoms with Gasteiger partial charge < -0.3 is 10.2 Å². The van der Waals surface area contributed by atoms with Crippen molar-refractivity contribution < 1.29 is 4.79 Å². The predicted octanol–water partition coefficient (Wildman–Crippen LogP) is 3.90. The molecule has 116 valence electrons. The fourth-order valence-corrected chi connectivity index (χ4v) is 3.45. The zero-order valence-electron chi connectivity index (χ0n) is 13.9. The summed E-state index contributed by atoms with van der Waals surface area (Å²) in [5.74, 6) is 0.795. The van der Waals surface area contributed by atoms with Crippen LogP contribution in [0.4, 0.5) is 5.69 Å². The van der Waals surface area contributed by atoms with Crippen molar-refractivity contribution in [3.63, 3.8) is 0 Å². The standard InChI is InChI=1S/C18H28N2O/c1-13-10-18(3,4)11-17(13)19-16-8-6-7-15(9-16)12-20(5)14(2)21/h6-9,13,17,19H,10-12H2,1-5H3. The molecule has 3 heteroatoms. The Morgan fingerprint density at radius 3 is 2.67 bits per heavy atom. The molecule has 3 nitrogen and oxygen atoms in total. The van der Waals surface area contributed by atoms with Crippen molar-refractivity contribution in [2.24, 2.45) is 11.3 Å². The van der Waals surface area contributed by atoms with E-state index in [4.69, 9.17) is 0 Å². The number of anilines is 1. The fourth-order valence-electron chi connectivity index (χ4n) is 3.45. The monoisotopic (exact) mass is 288 g/mol. The number of rotatable bonds is 4. The van der Waals surface area contributed by atoms with E-state index in [-0.39, 0.29) is 5.91 Å². The van der Waals surface area contributed by atoms with E-state index >= 15 is 0 Å². The summed E-state index contributed by atoms with van der Waals surface area (Å²) in [6.07, 6.45) is 2.49. The van der Waals surface area contributed by atoms with Gasteiger partial charge in [-0.25, -0.2) is 0 Å². The first kappa shape index (κ1) is 15.9. The van der Waals surface area contributed by atoms with Crippen LogP contribution in [0.2, 0.25) is 0 Å². The smallest absolute Gasteiger partial charge is 0.219 e. The molecule has 1 N–H and O–H groups in total. The molecule has 1 aromatic carbocycles. The molecule has 1 saturated carbocycles. The van der Waals surface area contributed by atoms with Crippen LogP contribution in [-0.2, 0) is 11.3 Å². The van der Waals surface area contributed by atoms with E-state index in [9.17, 15) is 4.79 Å². The van der Waals surface area contributed by atoms with Gasteiger partial charge in [0.1, 0.15) is 0 Å². The molecular formula is C18H28N2O. The Balaban J connectivity index is 2.03. The van der Waals surface area contributed by atoms with Crippen LogP contribution in [0.25, 0.3) is 0 Å². The summed E-state index contributed by atoms with van der Waals surface area (Å²) in [5, 5.41) is 3.69. The number of hydrogen-bond acceptors (Lipinski definition) is 2. The van der Waals surface area contributed by atoms with Crippen molar-refractivity contribution in [2.45, 2.75) is 53.1 Å². The second kappa shape index (κ2) is 6.08. The lowest BCUT2D eigenvalue weighted by molar-refractivity contribution is -0.128. The Hall–Kier alpha value is -1.51. The van der Waals surface area contributed by atoms with Gasteiger partial charge in [0.15, 0.2) is 0 Å². The van der Waals surface area contributed by atoms with Crippen molar-refractivity contribution >= 4 is 11.6 Å². The largest absolute Gasteiger partial charge is 0.382 e. The van der Waals surface area contributed by atoms with Crippen LogP contribution in [-0.4, -0.2) is 23.9 Å². The van der Waals surface area contributed by atoms with Gasteiger partial charge in [-0.3, -0.25) is 4.79 Å². The number of nitrogens with zero attached hydrogens (tertiary/aromatic N) is 1. The van der Waals surface area contributed by atoms with Gasteiger partial charge in [-0.05, 0) is 41.9 Å². The number of benzene rings is 1. The molecule has 2 atom stereocenters. The highest BCUT2D eigenvalue weighted by Crippen LogP contribution is 2.42. The summed E-state index contributed by atoms with van der Waals surface area (Å²) in [7, 11) is 1.84. The molecule has 1 aliphatic rings. The molecule has 1 fully saturated rings. The van der Waals surface area contributed by atoms with Crippen LogP contribution in [0.1, 0.15) is 46.1 Å². The topological polar surface area (TPSA) is 32.3 Å². The van der Waals surface area contributed by atoms with Crippen LogP contribution in [0.3, 0.4) is 0 Å². The van der Waals surface area contributed by atoms with Crippen molar-refractivity contribution in [3.8, 4) is 0 Å². The Bertz CT molecular complexity index is 510. The average Bonchev–Trinajstić information content (AvgIpc) is 2.62. The highest BCUT2D eigenvalue weighted by Gasteiger charge is 2.36. The Kier molecular flexibility index (Phi) is 4.60. The zero-order chi connectivity index (χ0) is 15.6. The number of carbonyl (C=O) groups is 1. The highest BCUT2D eigenvalue weighted by molar-refractivity contribution is 5.72. The summed E-state index contributed by atoms with van der Waals surface area (Å²) in [6, 6.07) is 8.97. The molecule has 0 aromatic heterocycles. The first-order chi connectivity index (χ1) is 9.77. The van der Waals surface area contributed by atoms with Gasteiger partial charge in [-0.2, -0.15) is 0 Å². The number of hydrogen-bond donors (Lipinski definition) is 1.